The fourth-order valence-corrected chi connectivity index (χ4v) is 3.86. The monoisotopic (exact) mass is 421 g/mol. The lowest BCUT2D eigenvalue weighted by Crippen LogP contribution is -2.37. The summed E-state index contributed by atoms with van der Waals surface area (Å²) in [6, 6.07) is 7.86. The van der Waals surface area contributed by atoms with Gasteiger partial charge < -0.3 is 15.7 Å². The highest BCUT2D eigenvalue weighted by Crippen LogP contribution is 2.23. The molecular formula is C21H28FN3O3S. The van der Waals surface area contributed by atoms with Gasteiger partial charge in [-0.15, -0.1) is 0 Å². The fourth-order valence-electron chi connectivity index (χ4n) is 3.01. The molecule has 0 fully saturated rings. The third kappa shape index (κ3) is 7.05. The highest BCUT2D eigenvalue weighted by molar-refractivity contribution is 7.89. The minimum atomic E-state index is -3.24. The number of halogens is 1. The van der Waals surface area contributed by atoms with Crippen LogP contribution in [-0.4, -0.2) is 32.3 Å². The average molecular weight is 422 g/mol. The van der Waals surface area contributed by atoms with Crippen LogP contribution in [0.5, 0.6) is 5.75 Å². The van der Waals surface area contributed by atoms with E-state index in [1.54, 1.807) is 0 Å². The Kier molecular flexibility index (Phi) is 7.61. The van der Waals surface area contributed by atoms with Gasteiger partial charge in [-0.1, -0.05) is 18.2 Å². The second-order valence-electron chi connectivity index (χ2n) is 7.11. The number of rotatable bonds is 7. The van der Waals surface area contributed by atoms with Gasteiger partial charge >= 0.3 is 0 Å². The standard InChI is InChI=1S/C21H28FN3O3S/c1-5-23-21(24-11-16-8-14(2)20(26)15(3)9-16)25-12-18-10-19(22)7-6-17(18)13-29(4,27)28/h6-10,26H,5,11-13H2,1-4H3,(H2,23,24,25). The average Bonchev–Trinajstić information content (AvgIpc) is 2.62. The molecule has 0 saturated heterocycles. The fraction of sp³-hybridized carbons (Fsp3) is 0.381. The summed E-state index contributed by atoms with van der Waals surface area (Å²) >= 11 is 0. The van der Waals surface area contributed by atoms with Gasteiger partial charge in [0.1, 0.15) is 11.6 Å². The van der Waals surface area contributed by atoms with Crippen LogP contribution in [0.2, 0.25) is 0 Å². The maximum atomic E-state index is 13.7. The van der Waals surface area contributed by atoms with Crippen LogP contribution in [-0.2, 0) is 28.7 Å². The van der Waals surface area contributed by atoms with Gasteiger partial charge in [0.25, 0.3) is 0 Å². The van der Waals surface area contributed by atoms with Gasteiger partial charge in [-0.2, -0.15) is 0 Å². The van der Waals surface area contributed by atoms with E-state index in [0.717, 1.165) is 22.9 Å². The van der Waals surface area contributed by atoms with Crippen molar-refractivity contribution in [3.63, 3.8) is 0 Å². The number of hydrogen-bond acceptors (Lipinski definition) is 4. The van der Waals surface area contributed by atoms with Crippen LogP contribution in [0.15, 0.2) is 35.3 Å². The lowest BCUT2D eigenvalue weighted by molar-refractivity contribution is 0.466. The third-order valence-corrected chi connectivity index (χ3v) is 5.18. The van der Waals surface area contributed by atoms with Crippen molar-refractivity contribution >= 4 is 15.8 Å². The van der Waals surface area contributed by atoms with E-state index in [1.165, 1.54) is 18.2 Å². The number of benzene rings is 2. The molecule has 158 valence electrons. The molecule has 8 heteroatoms. The Morgan fingerprint density at radius 3 is 2.34 bits per heavy atom. The van der Waals surface area contributed by atoms with Crippen molar-refractivity contribution in [2.24, 2.45) is 4.99 Å². The molecule has 2 aromatic carbocycles. The van der Waals surface area contributed by atoms with Crippen LogP contribution >= 0.6 is 0 Å². The van der Waals surface area contributed by atoms with Gasteiger partial charge in [0, 0.05) is 19.3 Å². The molecule has 0 amide bonds. The van der Waals surface area contributed by atoms with E-state index in [4.69, 9.17) is 0 Å². The third-order valence-electron chi connectivity index (χ3n) is 4.35. The van der Waals surface area contributed by atoms with Crippen LogP contribution in [0.4, 0.5) is 4.39 Å². The predicted octanol–water partition coefficient (Wildman–Crippen LogP) is 2.95. The molecule has 0 radical (unpaired) electrons. The van der Waals surface area contributed by atoms with Gasteiger partial charge in [0.05, 0.1) is 12.3 Å². The van der Waals surface area contributed by atoms with E-state index in [-0.39, 0.29) is 18.0 Å². The van der Waals surface area contributed by atoms with Crippen LogP contribution < -0.4 is 10.6 Å². The molecule has 0 bridgehead atoms. The SMILES string of the molecule is CCNC(=NCc1cc(C)c(O)c(C)c1)NCc1cc(F)ccc1CS(C)(=O)=O. The second-order valence-corrected chi connectivity index (χ2v) is 9.25. The first-order valence-corrected chi connectivity index (χ1v) is 11.4. The largest absolute Gasteiger partial charge is 0.507 e. The number of aromatic hydroxyl groups is 1. The van der Waals surface area contributed by atoms with E-state index in [9.17, 15) is 17.9 Å². The van der Waals surface area contributed by atoms with Crippen molar-refractivity contribution < 1.29 is 17.9 Å². The number of hydrogen-bond donors (Lipinski definition) is 3. The molecular weight excluding hydrogens is 393 g/mol. The summed E-state index contributed by atoms with van der Waals surface area (Å²) in [5.74, 6) is 0.248. The molecule has 0 unspecified atom stereocenters. The molecule has 0 atom stereocenters. The molecule has 0 aliphatic heterocycles. The Labute approximate surface area is 171 Å². The van der Waals surface area contributed by atoms with Crippen LogP contribution in [0.1, 0.15) is 34.7 Å². The summed E-state index contributed by atoms with van der Waals surface area (Å²) < 4.78 is 37.0. The van der Waals surface area contributed by atoms with Crippen molar-refractivity contribution in [3.05, 3.63) is 64.0 Å². The summed E-state index contributed by atoms with van der Waals surface area (Å²) in [7, 11) is -3.24. The lowest BCUT2D eigenvalue weighted by atomic mass is 10.1. The summed E-state index contributed by atoms with van der Waals surface area (Å²) in [6.07, 6.45) is 1.15. The van der Waals surface area contributed by atoms with E-state index in [1.807, 2.05) is 32.9 Å². The van der Waals surface area contributed by atoms with E-state index >= 15 is 0 Å². The van der Waals surface area contributed by atoms with Crippen molar-refractivity contribution in [1.29, 1.82) is 0 Å². The second kappa shape index (κ2) is 9.73. The Hall–Kier alpha value is -2.61. The number of aliphatic imine (C=N–C) groups is 1. The Balaban J connectivity index is 2.17. The van der Waals surface area contributed by atoms with Gasteiger partial charge in [0.15, 0.2) is 15.8 Å². The molecule has 3 N–H and O–H groups in total. The van der Waals surface area contributed by atoms with Gasteiger partial charge in [0.2, 0.25) is 0 Å². The highest BCUT2D eigenvalue weighted by Gasteiger charge is 2.11. The first-order valence-electron chi connectivity index (χ1n) is 9.35. The summed E-state index contributed by atoms with van der Waals surface area (Å²) in [5, 5.41) is 16.2. The summed E-state index contributed by atoms with van der Waals surface area (Å²) in [5.41, 5.74) is 3.66. The first kappa shape index (κ1) is 22.7. The molecule has 0 saturated carbocycles. The quantitative estimate of drug-likeness (QED) is 0.472. The molecule has 29 heavy (non-hydrogen) atoms. The molecule has 0 aliphatic rings. The maximum absolute atomic E-state index is 13.7. The summed E-state index contributed by atoms with van der Waals surface area (Å²) in [6.45, 7) is 6.89. The van der Waals surface area contributed by atoms with Gasteiger partial charge in [-0.05, 0) is 60.7 Å². The minimum absolute atomic E-state index is 0.149. The molecule has 2 aromatic rings. The zero-order valence-corrected chi connectivity index (χ0v) is 18.0. The van der Waals surface area contributed by atoms with Crippen molar-refractivity contribution in [3.8, 4) is 5.75 Å². The summed E-state index contributed by atoms with van der Waals surface area (Å²) in [4.78, 5) is 4.54. The predicted molar refractivity (Wildman–Crippen MR) is 114 cm³/mol. The molecule has 6 nitrogen and oxygen atoms in total. The number of aryl methyl sites for hydroxylation is 2. The molecule has 2 rings (SSSR count). The van der Waals surface area contributed by atoms with Crippen molar-refractivity contribution in [1.82, 2.24) is 10.6 Å². The Morgan fingerprint density at radius 2 is 1.76 bits per heavy atom. The molecule has 0 aromatic heterocycles. The topological polar surface area (TPSA) is 90.8 Å². The number of phenols is 1. The molecule has 0 spiro atoms. The van der Waals surface area contributed by atoms with E-state index in [2.05, 4.69) is 15.6 Å². The smallest absolute Gasteiger partial charge is 0.191 e. The number of nitrogens with one attached hydrogen (secondary N) is 2. The van der Waals surface area contributed by atoms with Gasteiger partial charge in [-0.3, -0.25) is 0 Å². The minimum Gasteiger partial charge on any atom is -0.507 e. The van der Waals surface area contributed by atoms with E-state index < -0.39 is 15.7 Å². The van der Waals surface area contributed by atoms with Crippen LogP contribution in [0.3, 0.4) is 0 Å². The number of phenolic OH excluding ortho intramolecular Hbond substituents is 1. The van der Waals surface area contributed by atoms with Crippen LogP contribution in [0.25, 0.3) is 0 Å². The number of nitrogens with zero attached hydrogens (tertiary/aromatic N) is 1. The molecule has 0 aliphatic carbocycles. The lowest BCUT2D eigenvalue weighted by Gasteiger charge is -2.14. The Bertz CT molecular complexity index is 981. The van der Waals surface area contributed by atoms with E-state index in [0.29, 0.717) is 30.2 Å². The number of sulfone groups is 1. The number of guanidine groups is 1. The highest BCUT2D eigenvalue weighted by atomic mass is 32.2. The normalized spacial score (nSPS) is 12.1. The first-order chi connectivity index (χ1) is 13.6. The van der Waals surface area contributed by atoms with Gasteiger partial charge in [-0.25, -0.2) is 17.8 Å². The van der Waals surface area contributed by atoms with Crippen molar-refractivity contribution in [2.75, 3.05) is 12.8 Å². The van der Waals surface area contributed by atoms with Crippen LogP contribution in [0, 0.1) is 19.7 Å². The molecule has 0 heterocycles. The zero-order valence-electron chi connectivity index (χ0n) is 17.2. The van der Waals surface area contributed by atoms with Crippen molar-refractivity contribution in [2.45, 2.75) is 39.6 Å². The zero-order chi connectivity index (χ0) is 21.6. The maximum Gasteiger partial charge on any atom is 0.191 e. The Morgan fingerprint density at radius 1 is 1.10 bits per heavy atom.